The lowest BCUT2D eigenvalue weighted by atomic mass is 9.73. The van der Waals surface area contributed by atoms with E-state index in [2.05, 4.69) is 33.0 Å². The summed E-state index contributed by atoms with van der Waals surface area (Å²) in [5, 5.41) is 3.79. The fraction of sp³-hybridized carbons (Fsp3) is 1.00. The monoisotopic (exact) mass is 197 g/mol. The van der Waals surface area contributed by atoms with Gasteiger partial charge < -0.3 is 5.32 Å². The fourth-order valence-corrected chi connectivity index (χ4v) is 2.43. The first kappa shape index (κ1) is 12.0. The first-order valence-electron chi connectivity index (χ1n) is 6.43. The minimum atomic E-state index is 0.776. The van der Waals surface area contributed by atoms with Crippen molar-refractivity contribution < 1.29 is 0 Å². The average molecular weight is 197 g/mol. The van der Waals surface area contributed by atoms with Crippen LogP contribution < -0.4 is 5.32 Å². The summed E-state index contributed by atoms with van der Waals surface area (Å²) >= 11 is 0. The fourth-order valence-electron chi connectivity index (χ4n) is 2.43. The van der Waals surface area contributed by atoms with Gasteiger partial charge in [-0.1, -0.05) is 34.1 Å². The predicted octanol–water partition coefficient (Wildman–Crippen LogP) is 3.59. The summed E-state index contributed by atoms with van der Waals surface area (Å²) in [5.74, 6) is 1.88. The van der Waals surface area contributed by atoms with Crippen molar-refractivity contribution in [3.63, 3.8) is 0 Å². The van der Waals surface area contributed by atoms with Crippen molar-refractivity contribution >= 4 is 0 Å². The van der Waals surface area contributed by atoms with Crippen molar-refractivity contribution in [2.45, 2.75) is 71.9 Å². The summed E-state index contributed by atoms with van der Waals surface area (Å²) in [7, 11) is 0. The summed E-state index contributed by atoms with van der Waals surface area (Å²) in [6.45, 7) is 9.28. The van der Waals surface area contributed by atoms with Crippen LogP contribution >= 0.6 is 0 Å². The van der Waals surface area contributed by atoms with Gasteiger partial charge in [0, 0.05) is 12.1 Å². The van der Waals surface area contributed by atoms with E-state index in [9.17, 15) is 0 Å². The molecule has 1 N–H and O–H groups in total. The molecule has 1 aliphatic rings. The van der Waals surface area contributed by atoms with Crippen LogP contribution in [0.4, 0.5) is 0 Å². The normalized spacial score (nSPS) is 28.9. The van der Waals surface area contributed by atoms with Gasteiger partial charge in [-0.3, -0.25) is 0 Å². The van der Waals surface area contributed by atoms with Crippen molar-refractivity contribution in [1.82, 2.24) is 5.32 Å². The molecule has 0 aliphatic heterocycles. The summed E-state index contributed by atoms with van der Waals surface area (Å²) in [6, 6.07) is 1.61. The highest BCUT2D eigenvalue weighted by atomic mass is 15.0. The molecule has 1 heteroatoms. The highest BCUT2D eigenvalue weighted by Gasteiger charge is 2.31. The smallest absolute Gasteiger partial charge is 0.00751 e. The van der Waals surface area contributed by atoms with E-state index in [0.29, 0.717) is 0 Å². The van der Waals surface area contributed by atoms with Crippen molar-refractivity contribution in [2.75, 3.05) is 0 Å². The van der Waals surface area contributed by atoms with E-state index in [4.69, 9.17) is 0 Å². The summed E-state index contributed by atoms with van der Waals surface area (Å²) in [5.41, 5.74) is 0. The van der Waals surface area contributed by atoms with Gasteiger partial charge in [-0.05, 0) is 37.5 Å². The maximum absolute atomic E-state index is 3.79. The molecular weight excluding hydrogens is 170 g/mol. The largest absolute Gasteiger partial charge is 0.311 e. The molecule has 0 aromatic rings. The van der Waals surface area contributed by atoms with Gasteiger partial charge in [-0.15, -0.1) is 0 Å². The third kappa shape index (κ3) is 3.27. The van der Waals surface area contributed by atoms with Gasteiger partial charge in [0.25, 0.3) is 0 Å². The second kappa shape index (κ2) is 5.75. The maximum Gasteiger partial charge on any atom is 0.00751 e. The first-order valence-corrected chi connectivity index (χ1v) is 6.43. The average Bonchev–Trinajstić information content (AvgIpc) is 2.07. The lowest BCUT2D eigenvalue weighted by Gasteiger charge is -2.40. The molecule has 1 fully saturated rings. The molecule has 0 aromatic carbocycles. The molecule has 1 rings (SSSR count). The van der Waals surface area contributed by atoms with E-state index >= 15 is 0 Å². The molecule has 1 unspecified atom stereocenters. The molecule has 0 heterocycles. The lowest BCUT2D eigenvalue weighted by Crippen LogP contribution is -2.47. The first-order chi connectivity index (χ1) is 6.67. The van der Waals surface area contributed by atoms with Crippen LogP contribution in [0.1, 0.15) is 59.8 Å². The standard InChI is InChI=1S/C13H27N/c1-5-7-12(6-2)14-13-8-11(9-13)10(3)4/h10-14H,5-9H2,1-4H3. The van der Waals surface area contributed by atoms with E-state index in [1.54, 1.807) is 0 Å². The Bertz CT molecular complexity index is 147. The number of nitrogens with one attached hydrogen (secondary N) is 1. The van der Waals surface area contributed by atoms with Crippen molar-refractivity contribution in [1.29, 1.82) is 0 Å². The Morgan fingerprint density at radius 1 is 1.21 bits per heavy atom. The Morgan fingerprint density at radius 2 is 1.86 bits per heavy atom. The quantitative estimate of drug-likeness (QED) is 0.686. The third-order valence-corrected chi connectivity index (χ3v) is 3.72. The Labute approximate surface area is 89.7 Å². The van der Waals surface area contributed by atoms with Crippen LogP contribution in [-0.2, 0) is 0 Å². The molecule has 0 bridgehead atoms. The molecule has 0 aromatic heterocycles. The zero-order valence-corrected chi connectivity index (χ0v) is 10.3. The van der Waals surface area contributed by atoms with Gasteiger partial charge in [0.1, 0.15) is 0 Å². The molecule has 84 valence electrons. The molecule has 1 nitrogen and oxygen atoms in total. The Morgan fingerprint density at radius 3 is 2.29 bits per heavy atom. The molecule has 1 atom stereocenters. The van der Waals surface area contributed by atoms with Crippen molar-refractivity contribution in [2.24, 2.45) is 11.8 Å². The zero-order valence-electron chi connectivity index (χ0n) is 10.3. The second-order valence-corrected chi connectivity index (χ2v) is 5.23. The minimum Gasteiger partial charge on any atom is -0.311 e. The molecule has 0 saturated heterocycles. The zero-order chi connectivity index (χ0) is 10.6. The summed E-state index contributed by atoms with van der Waals surface area (Å²) in [4.78, 5) is 0. The van der Waals surface area contributed by atoms with Crippen molar-refractivity contribution in [3.8, 4) is 0 Å². The van der Waals surface area contributed by atoms with E-state index in [-0.39, 0.29) is 0 Å². The van der Waals surface area contributed by atoms with E-state index in [0.717, 1.165) is 23.9 Å². The summed E-state index contributed by atoms with van der Waals surface area (Å²) in [6.07, 6.45) is 6.78. The topological polar surface area (TPSA) is 12.0 Å². The van der Waals surface area contributed by atoms with E-state index < -0.39 is 0 Å². The van der Waals surface area contributed by atoms with Crippen molar-refractivity contribution in [3.05, 3.63) is 0 Å². The molecule has 1 aliphatic carbocycles. The number of rotatable bonds is 6. The van der Waals surface area contributed by atoms with Crippen LogP contribution in [0.5, 0.6) is 0 Å². The minimum absolute atomic E-state index is 0.776. The molecule has 0 spiro atoms. The summed E-state index contributed by atoms with van der Waals surface area (Å²) < 4.78 is 0. The Kier molecular flexibility index (Phi) is 4.94. The van der Waals surface area contributed by atoms with Gasteiger partial charge in [0.15, 0.2) is 0 Å². The highest BCUT2D eigenvalue weighted by Crippen LogP contribution is 2.34. The predicted molar refractivity (Wildman–Crippen MR) is 63.5 cm³/mol. The maximum atomic E-state index is 3.79. The lowest BCUT2D eigenvalue weighted by molar-refractivity contribution is 0.154. The van der Waals surface area contributed by atoms with Crippen LogP contribution in [0.3, 0.4) is 0 Å². The van der Waals surface area contributed by atoms with Gasteiger partial charge in [-0.25, -0.2) is 0 Å². The molecule has 0 radical (unpaired) electrons. The molecule has 1 saturated carbocycles. The van der Waals surface area contributed by atoms with Gasteiger partial charge in [0.05, 0.1) is 0 Å². The Hall–Kier alpha value is -0.0400. The highest BCUT2D eigenvalue weighted by molar-refractivity contribution is 4.88. The van der Waals surface area contributed by atoms with E-state index in [1.807, 2.05) is 0 Å². The van der Waals surface area contributed by atoms with Crippen LogP contribution in [0, 0.1) is 11.8 Å². The molecule has 0 amide bonds. The van der Waals surface area contributed by atoms with Crippen LogP contribution in [0.15, 0.2) is 0 Å². The number of hydrogen-bond acceptors (Lipinski definition) is 1. The van der Waals surface area contributed by atoms with Gasteiger partial charge >= 0.3 is 0 Å². The van der Waals surface area contributed by atoms with Crippen LogP contribution in [0.2, 0.25) is 0 Å². The molecular formula is C13H27N. The van der Waals surface area contributed by atoms with Gasteiger partial charge in [-0.2, -0.15) is 0 Å². The van der Waals surface area contributed by atoms with Crippen LogP contribution in [-0.4, -0.2) is 12.1 Å². The van der Waals surface area contributed by atoms with Crippen LogP contribution in [0.25, 0.3) is 0 Å². The van der Waals surface area contributed by atoms with Gasteiger partial charge in [0.2, 0.25) is 0 Å². The SMILES string of the molecule is CCCC(CC)NC1CC(C(C)C)C1. The number of hydrogen-bond donors (Lipinski definition) is 1. The Balaban J connectivity index is 2.14. The third-order valence-electron chi connectivity index (χ3n) is 3.72. The van der Waals surface area contributed by atoms with E-state index in [1.165, 1.54) is 32.1 Å². The molecule has 14 heavy (non-hydrogen) atoms. The second-order valence-electron chi connectivity index (χ2n) is 5.23.